The molecule has 0 saturated heterocycles. The van der Waals surface area contributed by atoms with Gasteiger partial charge in [0.15, 0.2) is 6.10 Å². The van der Waals surface area contributed by atoms with Gasteiger partial charge in [-0.25, -0.2) is 0 Å². The number of ether oxygens (including phenoxy) is 1. The fourth-order valence-corrected chi connectivity index (χ4v) is 1.93. The maximum atomic E-state index is 9.68. The fraction of sp³-hybridized carbons (Fsp3) is 0.417. The molecular formula is C12H13NO2. The van der Waals surface area contributed by atoms with Crippen LogP contribution in [0.5, 0.6) is 5.75 Å². The zero-order valence-corrected chi connectivity index (χ0v) is 8.60. The van der Waals surface area contributed by atoms with Crippen molar-refractivity contribution in [1.29, 1.82) is 5.26 Å². The van der Waals surface area contributed by atoms with E-state index in [1.54, 1.807) is 6.92 Å². The van der Waals surface area contributed by atoms with E-state index in [0.29, 0.717) is 0 Å². The number of benzene rings is 1. The monoisotopic (exact) mass is 203 g/mol. The Labute approximate surface area is 88.9 Å². The van der Waals surface area contributed by atoms with Gasteiger partial charge in [0.2, 0.25) is 0 Å². The van der Waals surface area contributed by atoms with Gasteiger partial charge in [0, 0.05) is 5.56 Å². The molecule has 0 saturated carbocycles. The van der Waals surface area contributed by atoms with Crippen LogP contribution in [0.25, 0.3) is 0 Å². The first-order valence-electron chi connectivity index (χ1n) is 5.08. The van der Waals surface area contributed by atoms with Crippen LogP contribution in [-0.2, 0) is 6.42 Å². The number of hydrogen-bond acceptors (Lipinski definition) is 3. The van der Waals surface area contributed by atoms with Gasteiger partial charge in [0.25, 0.3) is 0 Å². The third-order valence-corrected chi connectivity index (χ3v) is 2.68. The van der Waals surface area contributed by atoms with Gasteiger partial charge < -0.3 is 9.84 Å². The molecule has 2 unspecified atom stereocenters. The van der Waals surface area contributed by atoms with Crippen molar-refractivity contribution in [3.8, 4) is 11.8 Å². The molecule has 0 fully saturated rings. The van der Waals surface area contributed by atoms with Crippen molar-refractivity contribution in [3.05, 3.63) is 29.3 Å². The SMILES string of the molecule is CC(C#N)Oc1cccc2c1CCC2O. The van der Waals surface area contributed by atoms with E-state index >= 15 is 0 Å². The lowest BCUT2D eigenvalue weighted by Gasteiger charge is -2.12. The van der Waals surface area contributed by atoms with Gasteiger partial charge in [-0.1, -0.05) is 12.1 Å². The van der Waals surface area contributed by atoms with Crippen molar-refractivity contribution >= 4 is 0 Å². The van der Waals surface area contributed by atoms with E-state index in [-0.39, 0.29) is 6.10 Å². The van der Waals surface area contributed by atoms with Crippen LogP contribution in [0.3, 0.4) is 0 Å². The number of aliphatic hydroxyl groups is 1. The average Bonchev–Trinajstić information content (AvgIpc) is 2.62. The van der Waals surface area contributed by atoms with E-state index in [4.69, 9.17) is 10.00 Å². The van der Waals surface area contributed by atoms with Gasteiger partial charge in [-0.05, 0) is 31.4 Å². The maximum Gasteiger partial charge on any atom is 0.181 e. The molecule has 3 nitrogen and oxygen atoms in total. The highest BCUT2D eigenvalue weighted by molar-refractivity contribution is 5.44. The van der Waals surface area contributed by atoms with E-state index in [0.717, 1.165) is 29.7 Å². The van der Waals surface area contributed by atoms with E-state index in [1.807, 2.05) is 24.3 Å². The molecular weight excluding hydrogens is 190 g/mol. The van der Waals surface area contributed by atoms with E-state index in [1.165, 1.54) is 0 Å². The number of nitriles is 1. The molecule has 0 amide bonds. The number of aliphatic hydroxyl groups excluding tert-OH is 1. The highest BCUT2D eigenvalue weighted by Gasteiger charge is 2.23. The molecule has 1 aliphatic rings. The zero-order chi connectivity index (χ0) is 10.8. The van der Waals surface area contributed by atoms with Crippen LogP contribution in [0.4, 0.5) is 0 Å². The standard InChI is InChI=1S/C12H13NO2/c1-8(7-13)15-12-4-2-3-9-10(12)5-6-11(9)14/h2-4,8,11,14H,5-6H2,1H3. The minimum atomic E-state index is -0.450. The molecule has 78 valence electrons. The molecule has 1 aromatic carbocycles. The number of fused-ring (bicyclic) bond motifs is 1. The van der Waals surface area contributed by atoms with Gasteiger partial charge >= 0.3 is 0 Å². The van der Waals surface area contributed by atoms with E-state index < -0.39 is 6.10 Å². The Morgan fingerprint density at radius 1 is 1.60 bits per heavy atom. The van der Waals surface area contributed by atoms with Crippen LogP contribution in [-0.4, -0.2) is 11.2 Å². The van der Waals surface area contributed by atoms with Crippen LogP contribution < -0.4 is 4.74 Å². The molecule has 0 aliphatic heterocycles. The molecule has 2 atom stereocenters. The summed E-state index contributed by atoms with van der Waals surface area (Å²) in [7, 11) is 0. The molecule has 0 heterocycles. The van der Waals surface area contributed by atoms with Crippen molar-refractivity contribution < 1.29 is 9.84 Å². The second-order valence-electron chi connectivity index (χ2n) is 3.77. The smallest absolute Gasteiger partial charge is 0.181 e. The van der Waals surface area contributed by atoms with Crippen molar-refractivity contribution in [2.75, 3.05) is 0 Å². The van der Waals surface area contributed by atoms with E-state index in [2.05, 4.69) is 0 Å². The summed E-state index contributed by atoms with van der Waals surface area (Å²) in [5.74, 6) is 0.734. The third kappa shape index (κ3) is 1.81. The summed E-state index contributed by atoms with van der Waals surface area (Å²) in [6.45, 7) is 1.71. The van der Waals surface area contributed by atoms with Gasteiger partial charge in [-0.15, -0.1) is 0 Å². The first-order valence-corrected chi connectivity index (χ1v) is 5.08. The summed E-state index contributed by atoms with van der Waals surface area (Å²) >= 11 is 0. The lowest BCUT2D eigenvalue weighted by Crippen LogP contribution is -2.09. The topological polar surface area (TPSA) is 53.2 Å². The highest BCUT2D eigenvalue weighted by Crippen LogP contribution is 2.36. The summed E-state index contributed by atoms with van der Waals surface area (Å²) in [5.41, 5.74) is 1.99. The molecule has 1 aliphatic carbocycles. The van der Waals surface area contributed by atoms with Crippen molar-refractivity contribution in [3.63, 3.8) is 0 Å². The highest BCUT2D eigenvalue weighted by atomic mass is 16.5. The Morgan fingerprint density at radius 3 is 3.13 bits per heavy atom. The van der Waals surface area contributed by atoms with Gasteiger partial charge in [-0.2, -0.15) is 5.26 Å². The molecule has 0 bridgehead atoms. The quantitative estimate of drug-likeness (QED) is 0.799. The molecule has 3 heteroatoms. The molecule has 0 aromatic heterocycles. The van der Waals surface area contributed by atoms with Crippen molar-refractivity contribution in [1.82, 2.24) is 0 Å². The number of rotatable bonds is 2. The summed E-state index contributed by atoms with van der Waals surface area (Å²) in [4.78, 5) is 0. The summed E-state index contributed by atoms with van der Waals surface area (Å²) < 4.78 is 5.48. The third-order valence-electron chi connectivity index (χ3n) is 2.68. The minimum absolute atomic E-state index is 0.374. The first kappa shape index (κ1) is 10.0. The maximum absolute atomic E-state index is 9.68. The average molecular weight is 203 g/mol. The first-order chi connectivity index (χ1) is 7.22. The van der Waals surface area contributed by atoms with Crippen molar-refractivity contribution in [2.24, 2.45) is 0 Å². The molecule has 1 N–H and O–H groups in total. The molecule has 2 rings (SSSR count). The largest absolute Gasteiger partial charge is 0.476 e. The normalized spacial score (nSPS) is 20.5. The van der Waals surface area contributed by atoms with Crippen LogP contribution >= 0.6 is 0 Å². The molecule has 1 aromatic rings. The Kier molecular flexibility index (Phi) is 2.61. The Hall–Kier alpha value is -1.53. The lowest BCUT2D eigenvalue weighted by atomic mass is 10.1. The predicted molar refractivity (Wildman–Crippen MR) is 55.4 cm³/mol. The lowest BCUT2D eigenvalue weighted by molar-refractivity contribution is 0.180. The fourth-order valence-electron chi connectivity index (χ4n) is 1.93. The summed E-state index contributed by atoms with van der Waals surface area (Å²) in [6, 6.07) is 7.65. The second-order valence-corrected chi connectivity index (χ2v) is 3.77. The Morgan fingerprint density at radius 2 is 2.40 bits per heavy atom. The predicted octanol–water partition coefficient (Wildman–Crippen LogP) is 1.96. The number of hydrogen-bond donors (Lipinski definition) is 1. The van der Waals surface area contributed by atoms with Gasteiger partial charge in [-0.3, -0.25) is 0 Å². The van der Waals surface area contributed by atoms with Gasteiger partial charge in [0.1, 0.15) is 11.8 Å². The van der Waals surface area contributed by atoms with Crippen LogP contribution in [0, 0.1) is 11.3 Å². The summed E-state index contributed by atoms with van der Waals surface area (Å²) in [6.07, 6.45) is 0.747. The molecule has 0 spiro atoms. The molecule has 15 heavy (non-hydrogen) atoms. The van der Waals surface area contributed by atoms with Crippen LogP contribution in [0.1, 0.15) is 30.6 Å². The van der Waals surface area contributed by atoms with Crippen LogP contribution in [0.2, 0.25) is 0 Å². The number of nitrogens with zero attached hydrogens (tertiary/aromatic N) is 1. The minimum Gasteiger partial charge on any atom is -0.476 e. The molecule has 0 radical (unpaired) electrons. The Balaban J connectivity index is 2.31. The Bertz CT molecular complexity index is 409. The van der Waals surface area contributed by atoms with Crippen molar-refractivity contribution in [2.45, 2.75) is 32.0 Å². The summed E-state index contributed by atoms with van der Waals surface area (Å²) in [5, 5.41) is 18.3. The van der Waals surface area contributed by atoms with Gasteiger partial charge in [0.05, 0.1) is 6.10 Å². The van der Waals surface area contributed by atoms with Crippen LogP contribution in [0.15, 0.2) is 18.2 Å². The zero-order valence-electron chi connectivity index (χ0n) is 8.60. The second kappa shape index (κ2) is 3.92. The van der Waals surface area contributed by atoms with E-state index in [9.17, 15) is 5.11 Å².